The molecule has 216 valence electrons. The third-order valence-corrected chi connectivity index (χ3v) is 6.32. The van der Waals surface area contributed by atoms with Crippen molar-refractivity contribution in [3.05, 3.63) is 73.7 Å². The van der Waals surface area contributed by atoms with Gasteiger partial charge in [-0.2, -0.15) is 39.5 Å². The Labute approximate surface area is 230 Å². The van der Waals surface area contributed by atoms with Crippen LogP contribution in [0.15, 0.2) is 36.4 Å². The molecule has 1 amide bonds. The first-order chi connectivity index (χ1) is 17.7. The highest BCUT2D eigenvalue weighted by Crippen LogP contribution is 2.42. The van der Waals surface area contributed by atoms with E-state index in [0.29, 0.717) is 12.1 Å². The fourth-order valence-corrected chi connectivity index (χ4v) is 3.92. The minimum Gasteiger partial charge on any atom is -0.285 e. The van der Waals surface area contributed by atoms with Crippen molar-refractivity contribution in [3.8, 4) is 0 Å². The molecule has 0 aliphatic rings. The van der Waals surface area contributed by atoms with Crippen molar-refractivity contribution in [2.45, 2.75) is 37.3 Å². The maximum absolute atomic E-state index is 14.9. The SMILES string of the molecule is CN(CCCC(F)(F)F)NC(=O)c1ccc(/C(F)=C/C(c2cc(Cl)c(Cl)c(Cl)c2)C(F)(F)F)cc1C(F)(F)F. The Kier molecular flexibility index (Phi) is 10.6. The number of alkyl halides is 9. The summed E-state index contributed by atoms with van der Waals surface area (Å²) < 4.78 is 134. The van der Waals surface area contributed by atoms with Crippen LogP contribution in [0, 0.1) is 0 Å². The maximum Gasteiger partial charge on any atom is 0.417 e. The number of nitrogens with zero attached hydrogens (tertiary/aromatic N) is 1. The van der Waals surface area contributed by atoms with E-state index < -0.39 is 71.3 Å². The van der Waals surface area contributed by atoms with Gasteiger partial charge in [-0.15, -0.1) is 0 Å². The van der Waals surface area contributed by atoms with Crippen LogP contribution in [0.2, 0.25) is 15.1 Å². The van der Waals surface area contributed by atoms with Crippen molar-refractivity contribution >= 4 is 46.5 Å². The molecule has 0 radical (unpaired) electrons. The Morgan fingerprint density at radius 2 is 1.54 bits per heavy atom. The Morgan fingerprint density at radius 3 is 2.03 bits per heavy atom. The van der Waals surface area contributed by atoms with Gasteiger partial charge in [0.15, 0.2) is 0 Å². The fraction of sp³-hybridized carbons (Fsp3) is 0.348. The van der Waals surface area contributed by atoms with Gasteiger partial charge in [0.25, 0.3) is 5.91 Å². The number of hydrogen-bond acceptors (Lipinski definition) is 2. The molecule has 0 saturated heterocycles. The maximum atomic E-state index is 14.9. The molecule has 1 unspecified atom stereocenters. The third-order valence-electron chi connectivity index (χ3n) is 5.12. The number of hydrogen-bond donors (Lipinski definition) is 1. The van der Waals surface area contributed by atoms with E-state index in [0.717, 1.165) is 24.2 Å². The van der Waals surface area contributed by atoms with E-state index in [1.165, 1.54) is 0 Å². The van der Waals surface area contributed by atoms with Crippen molar-refractivity contribution in [1.29, 1.82) is 0 Å². The first-order valence-corrected chi connectivity index (χ1v) is 11.7. The van der Waals surface area contributed by atoms with E-state index in [4.69, 9.17) is 34.8 Å². The van der Waals surface area contributed by atoms with E-state index in [9.17, 15) is 48.7 Å². The summed E-state index contributed by atoms with van der Waals surface area (Å²) in [5, 5.41) is -0.179. The van der Waals surface area contributed by atoms with Crippen LogP contribution >= 0.6 is 34.8 Å². The van der Waals surface area contributed by atoms with E-state index in [-0.39, 0.29) is 33.8 Å². The van der Waals surface area contributed by atoms with Crippen molar-refractivity contribution < 1.29 is 48.7 Å². The molecule has 2 aromatic rings. The van der Waals surface area contributed by atoms with Gasteiger partial charge in [0, 0.05) is 25.6 Å². The number of hydrazine groups is 1. The Hall–Kier alpha value is -2.22. The summed E-state index contributed by atoms with van der Waals surface area (Å²) in [7, 11) is 1.12. The number of rotatable bonds is 8. The summed E-state index contributed by atoms with van der Waals surface area (Å²) in [6.45, 7) is -0.361. The monoisotopic (exact) mass is 632 g/mol. The first-order valence-electron chi connectivity index (χ1n) is 10.6. The molecule has 0 saturated carbocycles. The number of amides is 1. The summed E-state index contributed by atoms with van der Waals surface area (Å²) in [5.74, 6) is -5.78. The van der Waals surface area contributed by atoms with Crippen LogP contribution < -0.4 is 5.43 Å². The van der Waals surface area contributed by atoms with Gasteiger partial charge in [-0.3, -0.25) is 10.2 Å². The molecule has 2 aromatic carbocycles. The number of allylic oxidation sites excluding steroid dienone is 1. The summed E-state index contributed by atoms with van der Waals surface area (Å²) in [6.07, 6.45) is -16.5. The zero-order valence-corrected chi connectivity index (χ0v) is 21.7. The topological polar surface area (TPSA) is 32.3 Å². The second-order valence-corrected chi connectivity index (χ2v) is 9.36. The predicted molar refractivity (Wildman–Crippen MR) is 126 cm³/mol. The van der Waals surface area contributed by atoms with Gasteiger partial charge in [0.2, 0.25) is 0 Å². The lowest BCUT2D eigenvalue weighted by Crippen LogP contribution is -2.40. The van der Waals surface area contributed by atoms with E-state index in [1.54, 1.807) is 0 Å². The zero-order valence-electron chi connectivity index (χ0n) is 19.4. The summed E-state index contributed by atoms with van der Waals surface area (Å²) in [6, 6.07) is 2.87. The zero-order chi connectivity index (χ0) is 29.9. The average Bonchev–Trinajstić information content (AvgIpc) is 2.77. The van der Waals surface area contributed by atoms with Gasteiger partial charge < -0.3 is 0 Å². The summed E-state index contributed by atoms with van der Waals surface area (Å²) in [4.78, 5) is 12.4. The van der Waals surface area contributed by atoms with Crippen LogP contribution in [-0.4, -0.2) is 36.9 Å². The third kappa shape index (κ3) is 9.44. The van der Waals surface area contributed by atoms with Crippen molar-refractivity contribution in [3.63, 3.8) is 0 Å². The van der Waals surface area contributed by atoms with Gasteiger partial charge in [0.1, 0.15) is 11.7 Å². The van der Waals surface area contributed by atoms with Gasteiger partial charge in [-0.25, -0.2) is 9.40 Å². The molecule has 0 heterocycles. The largest absolute Gasteiger partial charge is 0.417 e. The Balaban J connectivity index is 2.42. The van der Waals surface area contributed by atoms with E-state index in [2.05, 4.69) is 0 Å². The molecule has 2 rings (SSSR count). The molecule has 1 atom stereocenters. The minimum absolute atomic E-state index is 0.0134. The molecular formula is C23H17Cl3F10N2O. The molecule has 0 aromatic heterocycles. The number of halogens is 13. The van der Waals surface area contributed by atoms with Gasteiger partial charge >= 0.3 is 18.5 Å². The van der Waals surface area contributed by atoms with Gasteiger partial charge in [-0.05, 0) is 42.3 Å². The van der Waals surface area contributed by atoms with Crippen LogP contribution in [0.3, 0.4) is 0 Å². The number of nitrogens with one attached hydrogen (secondary N) is 1. The van der Waals surface area contributed by atoms with Gasteiger partial charge in [-0.1, -0.05) is 40.9 Å². The number of carbonyl (C=O) groups excluding carboxylic acids is 1. The number of benzene rings is 2. The average molecular weight is 634 g/mol. The smallest absolute Gasteiger partial charge is 0.285 e. The summed E-state index contributed by atoms with van der Waals surface area (Å²) >= 11 is 17.2. The van der Waals surface area contributed by atoms with Crippen LogP contribution in [0.4, 0.5) is 43.9 Å². The molecule has 39 heavy (non-hydrogen) atoms. The van der Waals surface area contributed by atoms with Crippen molar-refractivity contribution in [1.82, 2.24) is 10.4 Å². The minimum atomic E-state index is -5.25. The molecule has 1 N–H and O–H groups in total. The fourth-order valence-electron chi connectivity index (χ4n) is 3.31. The quantitative estimate of drug-likeness (QED) is 0.179. The van der Waals surface area contributed by atoms with Crippen LogP contribution in [-0.2, 0) is 6.18 Å². The second kappa shape index (κ2) is 12.5. The lowest BCUT2D eigenvalue weighted by atomic mass is 9.95. The van der Waals surface area contributed by atoms with E-state index >= 15 is 0 Å². The molecular weight excluding hydrogens is 617 g/mol. The van der Waals surface area contributed by atoms with Crippen LogP contribution in [0.1, 0.15) is 45.8 Å². The predicted octanol–water partition coefficient (Wildman–Crippen LogP) is 9.24. The molecule has 0 bridgehead atoms. The van der Waals surface area contributed by atoms with Crippen LogP contribution in [0.5, 0.6) is 0 Å². The van der Waals surface area contributed by atoms with Gasteiger partial charge in [0.05, 0.1) is 26.2 Å². The van der Waals surface area contributed by atoms with Crippen molar-refractivity contribution in [2.24, 2.45) is 0 Å². The lowest BCUT2D eigenvalue weighted by Gasteiger charge is -2.21. The molecule has 3 nitrogen and oxygen atoms in total. The highest BCUT2D eigenvalue weighted by molar-refractivity contribution is 6.48. The molecule has 0 spiro atoms. The highest BCUT2D eigenvalue weighted by atomic mass is 35.5. The standard InChI is InChI=1S/C23H17Cl3F10N2O/c1-38(6-2-5-21(28,29)30)37-20(39)13-4-3-11(7-15(13)23(34,35)36)18(27)10-14(22(31,32)33)12-8-16(24)19(26)17(25)9-12/h3-4,7-10,14H,2,5-6H2,1H3,(H,37,39)/b18-10-. The highest BCUT2D eigenvalue weighted by Gasteiger charge is 2.41. The molecule has 0 fully saturated rings. The summed E-state index contributed by atoms with van der Waals surface area (Å²) in [5.41, 5.74) is -2.33. The second-order valence-electron chi connectivity index (χ2n) is 8.17. The normalized spacial score (nSPS) is 14.1. The van der Waals surface area contributed by atoms with Crippen LogP contribution in [0.25, 0.3) is 5.83 Å². The Bertz CT molecular complexity index is 1200. The molecule has 16 heteroatoms. The van der Waals surface area contributed by atoms with Crippen molar-refractivity contribution in [2.75, 3.05) is 13.6 Å². The molecule has 0 aliphatic carbocycles. The number of carbonyl (C=O) groups is 1. The Morgan fingerprint density at radius 1 is 0.974 bits per heavy atom. The lowest BCUT2D eigenvalue weighted by molar-refractivity contribution is -0.140. The van der Waals surface area contributed by atoms with E-state index in [1.807, 2.05) is 5.43 Å². The molecule has 0 aliphatic heterocycles. The first kappa shape index (κ1) is 33.0.